The summed E-state index contributed by atoms with van der Waals surface area (Å²) < 4.78 is 6.52. The molecule has 0 saturated carbocycles. The molecule has 4 heteroatoms. The van der Waals surface area contributed by atoms with Crippen LogP contribution >= 0.6 is 15.9 Å². The molecule has 2 aromatic rings. The van der Waals surface area contributed by atoms with Gasteiger partial charge in [-0.1, -0.05) is 88.7 Å². The molecule has 3 nitrogen and oxygen atoms in total. The maximum atomic E-state index is 13.4. The highest BCUT2D eigenvalue weighted by Crippen LogP contribution is 2.49. The second kappa shape index (κ2) is 7.83. The molecule has 1 amide bonds. The van der Waals surface area contributed by atoms with E-state index >= 15 is 0 Å². The molecule has 27 heavy (non-hydrogen) atoms. The first-order chi connectivity index (χ1) is 13.3. The average molecular weight is 424 g/mol. The van der Waals surface area contributed by atoms with Crippen molar-refractivity contribution in [3.63, 3.8) is 0 Å². The topological polar surface area (TPSA) is 29.5 Å². The highest BCUT2D eigenvalue weighted by Gasteiger charge is 2.53. The van der Waals surface area contributed by atoms with Gasteiger partial charge >= 0.3 is 0 Å². The van der Waals surface area contributed by atoms with Crippen LogP contribution in [0, 0.1) is 0 Å². The van der Waals surface area contributed by atoms with E-state index in [4.69, 9.17) is 4.74 Å². The SMILES string of the molecule is O=C1C2=C(CCC=C2)C(OCCBr)(c2ccccc2)N1Cc1ccccc1. The minimum absolute atomic E-state index is 0.0447. The molecule has 0 fully saturated rings. The number of hydrogen-bond donors (Lipinski definition) is 0. The van der Waals surface area contributed by atoms with E-state index in [0.717, 1.165) is 35.1 Å². The molecule has 1 atom stereocenters. The summed E-state index contributed by atoms with van der Waals surface area (Å²) in [6.07, 6.45) is 5.82. The second-order valence-electron chi connectivity index (χ2n) is 6.76. The van der Waals surface area contributed by atoms with E-state index in [1.807, 2.05) is 47.4 Å². The van der Waals surface area contributed by atoms with Gasteiger partial charge < -0.3 is 4.74 Å². The van der Waals surface area contributed by atoms with Gasteiger partial charge in [0.2, 0.25) is 0 Å². The smallest absolute Gasteiger partial charge is 0.257 e. The Morgan fingerprint density at radius 1 is 1.04 bits per heavy atom. The fourth-order valence-corrected chi connectivity index (χ4v) is 4.21. The van der Waals surface area contributed by atoms with Gasteiger partial charge in [-0.2, -0.15) is 0 Å². The molecule has 2 aliphatic rings. The summed E-state index contributed by atoms with van der Waals surface area (Å²) in [6, 6.07) is 20.3. The van der Waals surface area contributed by atoms with Crippen molar-refractivity contribution >= 4 is 21.8 Å². The Labute approximate surface area is 168 Å². The maximum absolute atomic E-state index is 13.4. The van der Waals surface area contributed by atoms with E-state index in [-0.39, 0.29) is 5.91 Å². The van der Waals surface area contributed by atoms with Crippen molar-refractivity contribution in [2.75, 3.05) is 11.9 Å². The second-order valence-corrected chi connectivity index (χ2v) is 7.55. The number of hydrogen-bond acceptors (Lipinski definition) is 2. The van der Waals surface area contributed by atoms with Crippen molar-refractivity contribution in [3.8, 4) is 0 Å². The van der Waals surface area contributed by atoms with Gasteiger partial charge in [0.05, 0.1) is 6.61 Å². The molecule has 1 heterocycles. The third-order valence-corrected chi connectivity index (χ3v) is 5.50. The number of carbonyl (C=O) groups excluding carboxylic acids is 1. The molecule has 1 aliphatic heterocycles. The molecule has 0 spiro atoms. The van der Waals surface area contributed by atoms with Crippen LogP contribution in [0.1, 0.15) is 24.0 Å². The van der Waals surface area contributed by atoms with Gasteiger partial charge in [0.25, 0.3) is 5.91 Å². The number of halogens is 1. The molecule has 0 aromatic heterocycles. The lowest BCUT2D eigenvalue weighted by Crippen LogP contribution is -2.48. The Hall–Kier alpha value is -2.17. The number of benzene rings is 2. The molecule has 1 aliphatic carbocycles. The zero-order chi connectivity index (χ0) is 18.7. The highest BCUT2D eigenvalue weighted by molar-refractivity contribution is 9.09. The van der Waals surface area contributed by atoms with Crippen LogP contribution in [0.2, 0.25) is 0 Å². The number of allylic oxidation sites excluding steroid dienone is 1. The van der Waals surface area contributed by atoms with Crippen LogP contribution in [0.5, 0.6) is 0 Å². The molecule has 138 valence electrons. The summed E-state index contributed by atoms with van der Waals surface area (Å²) in [7, 11) is 0. The van der Waals surface area contributed by atoms with Crippen molar-refractivity contribution in [1.82, 2.24) is 4.90 Å². The van der Waals surface area contributed by atoms with Crippen molar-refractivity contribution in [2.45, 2.75) is 25.1 Å². The van der Waals surface area contributed by atoms with E-state index in [2.05, 4.69) is 46.3 Å². The van der Waals surface area contributed by atoms with Gasteiger partial charge in [-0.25, -0.2) is 0 Å². The van der Waals surface area contributed by atoms with Crippen LogP contribution in [0.15, 0.2) is 84.0 Å². The number of rotatable bonds is 6. The summed E-state index contributed by atoms with van der Waals surface area (Å²) in [6.45, 7) is 1.03. The number of ether oxygens (including phenoxy) is 1. The summed E-state index contributed by atoms with van der Waals surface area (Å²) in [5.41, 5.74) is 3.13. The zero-order valence-electron chi connectivity index (χ0n) is 15.1. The number of alkyl halides is 1. The first-order valence-electron chi connectivity index (χ1n) is 9.29. The van der Waals surface area contributed by atoms with Crippen molar-refractivity contribution in [1.29, 1.82) is 0 Å². The Morgan fingerprint density at radius 3 is 2.44 bits per heavy atom. The summed E-state index contributed by atoms with van der Waals surface area (Å²) in [4.78, 5) is 15.3. The minimum atomic E-state index is -0.845. The number of nitrogens with zero attached hydrogens (tertiary/aromatic N) is 1. The van der Waals surface area contributed by atoms with Gasteiger partial charge in [-0.15, -0.1) is 0 Å². The molecule has 0 bridgehead atoms. The summed E-state index contributed by atoms with van der Waals surface area (Å²) in [5, 5.41) is 0.716. The van der Waals surface area contributed by atoms with Gasteiger partial charge in [0.15, 0.2) is 5.72 Å². The molecule has 4 rings (SSSR count). The first kappa shape index (κ1) is 18.2. The van der Waals surface area contributed by atoms with Gasteiger partial charge in [0, 0.05) is 23.0 Å². The molecule has 0 N–H and O–H groups in total. The molecule has 1 unspecified atom stereocenters. The lowest BCUT2D eigenvalue weighted by Gasteiger charge is -2.41. The fourth-order valence-electron chi connectivity index (χ4n) is 4.05. The van der Waals surface area contributed by atoms with Crippen LogP contribution in [0.25, 0.3) is 0 Å². The van der Waals surface area contributed by atoms with E-state index in [0.29, 0.717) is 18.5 Å². The quantitative estimate of drug-likeness (QED) is 0.615. The molecule has 2 aromatic carbocycles. The predicted octanol–water partition coefficient (Wildman–Crippen LogP) is 4.94. The van der Waals surface area contributed by atoms with Gasteiger partial charge in [0.1, 0.15) is 0 Å². The van der Waals surface area contributed by atoms with Gasteiger partial charge in [-0.05, 0) is 24.0 Å². The lowest BCUT2D eigenvalue weighted by molar-refractivity contribution is -0.159. The van der Waals surface area contributed by atoms with Crippen LogP contribution in [-0.4, -0.2) is 22.7 Å². The zero-order valence-corrected chi connectivity index (χ0v) is 16.7. The standard InChI is InChI=1S/C23H22BrNO2/c24-15-16-27-23(19-11-5-2-6-12-19)21-14-8-7-13-20(21)22(26)25(23)17-18-9-3-1-4-10-18/h1-7,9-13H,8,14-17H2. The van der Waals surface area contributed by atoms with Crippen LogP contribution in [0.4, 0.5) is 0 Å². The lowest BCUT2D eigenvalue weighted by atomic mass is 9.87. The van der Waals surface area contributed by atoms with E-state index < -0.39 is 5.72 Å². The average Bonchev–Trinajstić information content (AvgIpc) is 2.97. The highest BCUT2D eigenvalue weighted by atomic mass is 79.9. The van der Waals surface area contributed by atoms with Crippen molar-refractivity contribution in [2.24, 2.45) is 0 Å². The number of amides is 1. The van der Waals surface area contributed by atoms with Crippen molar-refractivity contribution < 1.29 is 9.53 Å². The van der Waals surface area contributed by atoms with Crippen molar-refractivity contribution in [3.05, 3.63) is 95.1 Å². The third-order valence-electron chi connectivity index (χ3n) is 5.17. The fraction of sp³-hybridized carbons (Fsp3) is 0.261. The Kier molecular flexibility index (Phi) is 5.28. The van der Waals surface area contributed by atoms with E-state index in [1.54, 1.807) is 0 Å². The summed E-state index contributed by atoms with van der Waals surface area (Å²) >= 11 is 3.48. The minimum Gasteiger partial charge on any atom is -0.346 e. The van der Waals surface area contributed by atoms with Crippen LogP contribution in [0.3, 0.4) is 0 Å². The third kappa shape index (κ3) is 3.17. The maximum Gasteiger partial charge on any atom is 0.257 e. The molecular weight excluding hydrogens is 402 g/mol. The first-order valence-corrected chi connectivity index (χ1v) is 10.4. The van der Waals surface area contributed by atoms with Crippen LogP contribution in [-0.2, 0) is 21.8 Å². The summed E-state index contributed by atoms with van der Waals surface area (Å²) in [5.74, 6) is 0.0447. The largest absolute Gasteiger partial charge is 0.346 e. The van der Waals surface area contributed by atoms with E-state index in [9.17, 15) is 4.79 Å². The monoisotopic (exact) mass is 423 g/mol. The van der Waals surface area contributed by atoms with Gasteiger partial charge in [-0.3, -0.25) is 9.69 Å². The molecular formula is C23H22BrNO2. The van der Waals surface area contributed by atoms with E-state index in [1.165, 1.54) is 0 Å². The molecule has 0 radical (unpaired) electrons. The molecule has 0 saturated heterocycles. The Balaban J connectivity index is 1.87. The normalized spacial score (nSPS) is 21.7. The predicted molar refractivity (Wildman–Crippen MR) is 110 cm³/mol. The Bertz CT molecular complexity index is 876. The van der Waals surface area contributed by atoms with Crippen LogP contribution < -0.4 is 0 Å². The Morgan fingerprint density at radius 2 is 1.74 bits per heavy atom. The number of carbonyl (C=O) groups is 1.